The minimum absolute atomic E-state index is 0.0783. The molecule has 0 amide bonds. The summed E-state index contributed by atoms with van der Waals surface area (Å²) < 4.78 is 5.62. The largest absolute Gasteiger partial charge is 0.457 e. The Labute approximate surface area is 94.3 Å². The summed E-state index contributed by atoms with van der Waals surface area (Å²) in [6, 6.07) is 11.3. The van der Waals surface area contributed by atoms with Crippen LogP contribution >= 0.6 is 0 Å². The van der Waals surface area contributed by atoms with Crippen LogP contribution in [-0.4, -0.2) is 10.1 Å². The molecular formula is C13H13NO2. The predicted octanol–water partition coefficient (Wildman–Crippen LogP) is 2.67. The maximum absolute atomic E-state index is 8.95. The normalized spacial score (nSPS) is 10.1. The number of ether oxygens (including phenoxy) is 1. The van der Waals surface area contributed by atoms with Crippen molar-refractivity contribution in [1.29, 1.82) is 0 Å². The summed E-state index contributed by atoms with van der Waals surface area (Å²) in [5, 5.41) is 8.95. The highest BCUT2D eigenvalue weighted by Gasteiger charge is 1.99. The fourth-order valence-electron chi connectivity index (χ4n) is 1.35. The van der Waals surface area contributed by atoms with Gasteiger partial charge in [-0.25, -0.2) is 0 Å². The molecule has 0 aliphatic rings. The average Bonchev–Trinajstić information content (AvgIpc) is 2.32. The van der Waals surface area contributed by atoms with Gasteiger partial charge in [0.2, 0.25) is 0 Å². The summed E-state index contributed by atoms with van der Waals surface area (Å²) in [5.41, 5.74) is 1.79. The molecule has 82 valence electrons. The van der Waals surface area contributed by atoms with E-state index in [1.807, 2.05) is 31.2 Å². The van der Waals surface area contributed by atoms with Crippen LogP contribution in [0.4, 0.5) is 0 Å². The molecule has 2 aromatic rings. The van der Waals surface area contributed by atoms with Crippen LogP contribution in [0.15, 0.2) is 42.6 Å². The fourth-order valence-corrected chi connectivity index (χ4v) is 1.35. The number of aryl methyl sites for hydroxylation is 1. The number of hydrogen-bond donors (Lipinski definition) is 1. The first-order chi connectivity index (χ1) is 7.78. The molecule has 0 unspecified atom stereocenters. The van der Waals surface area contributed by atoms with Crippen molar-refractivity contribution in [2.24, 2.45) is 0 Å². The molecule has 0 atom stereocenters. The highest BCUT2D eigenvalue weighted by Crippen LogP contribution is 2.21. The maximum atomic E-state index is 8.95. The van der Waals surface area contributed by atoms with E-state index in [0.717, 1.165) is 5.75 Å². The molecule has 0 bridgehead atoms. The number of hydrogen-bond acceptors (Lipinski definition) is 3. The number of aromatic nitrogens is 1. The molecule has 0 aliphatic carbocycles. The van der Waals surface area contributed by atoms with Crippen LogP contribution < -0.4 is 4.74 Å². The molecule has 1 N–H and O–H groups in total. The molecule has 1 heterocycles. The second-order valence-corrected chi connectivity index (χ2v) is 3.56. The third-order valence-electron chi connectivity index (χ3n) is 2.21. The minimum Gasteiger partial charge on any atom is -0.457 e. The van der Waals surface area contributed by atoms with Gasteiger partial charge in [0, 0.05) is 12.3 Å². The lowest BCUT2D eigenvalue weighted by Gasteiger charge is -2.06. The first kappa shape index (κ1) is 10.6. The van der Waals surface area contributed by atoms with E-state index < -0.39 is 0 Å². The Bertz CT molecular complexity index is 466. The van der Waals surface area contributed by atoms with Crippen molar-refractivity contribution in [2.45, 2.75) is 13.5 Å². The van der Waals surface area contributed by atoms with Crippen LogP contribution in [0.3, 0.4) is 0 Å². The summed E-state index contributed by atoms with van der Waals surface area (Å²) in [4.78, 5) is 3.98. The molecule has 1 aromatic carbocycles. The molecule has 0 fully saturated rings. The lowest BCUT2D eigenvalue weighted by molar-refractivity contribution is 0.276. The van der Waals surface area contributed by atoms with Crippen molar-refractivity contribution >= 4 is 0 Å². The summed E-state index contributed by atoms with van der Waals surface area (Å²) in [6.07, 6.45) is 1.62. The topological polar surface area (TPSA) is 42.4 Å². The van der Waals surface area contributed by atoms with E-state index in [1.165, 1.54) is 5.56 Å². The van der Waals surface area contributed by atoms with E-state index in [4.69, 9.17) is 9.84 Å². The van der Waals surface area contributed by atoms with Gasteiger partial charge in [-0.2, -0.15) is 0 Å². The molecular weight excluding hydrogens is 202 g/mol. The van der Waals surface area contributed by atoms with Crippen molar-refractivity contribution in [2.75, 3.05) is 0 Å². The van der Waals surface area contributed by atoms with Gasteiger partial charge >= 0.3 is 0 Å². The molecule has 0 saturated heterocycles. The van der Waals surface area contributed by atoms with Gasteiger partial charge < -0.3 is 9.84 Å². The Balaban J connectivity index is 2.16. The Morgan fingerprint density at radius 1 is 1.12 bits per heavy atom. The van der Waals surface area contributed by atoms with Crippen LogP contribution in [0.25, 0.3) is 0 Å². The maximum Gasteiger partial charge on any atom is 0.130 e. The van der Waals surface area contributed by atoms with Gasteiger partial charge in [-0.3, -0.25) is 4.98 Å². The van der Waals surface area contributed by atoms with E-state index in [2.05, 4.69) is 4.98 Å². The Kier molecular flexibility index (Phi) is 3.17. The average molecular weight is 215 g/mol. The zero-order valence-electron chi connectivity index (χ0n) is 9.05. The molecule has 2 rings (SSSR count). The Morgan fingerprint density at radius 2 is 1.88 bits per heavy atom. The van der Waals surface area contributed by atoms with E-state index in [-0.39, 0.29) is 6.61 Å². The molecule has 0 aliphatic heterocycles. The molecule has 0 spiro atoms. The summed E-state index contributed by atoms with van der Waals surface area (Å²) in [6.45, 7) is 1.95. The third kappa shape index (κ3) is 2.58. The van der Waals surface area contributed by atoms with Gasteiger partial charge in [0.25, 0.3) is 0 Å². The van der Waals surface area contributed by atoms with E-state index in [9.17, 15) is 0 Å². The van der Waals surface area contributed by atoms with Gasteiger partial charge in [0.1, 0.15) is 11.5 Å². The Hall–Kier alpha value is -1.87. The van der Waals surface area contributed by atoms with E-state index >= 15 is 0 Å². The van der Waals surface area contributed by atoms with Crippen LogP contribution in [-0.2, 0) is 6.61 Å². The molecule has 1 aromatic heterocycles. The monoisotopic (exact) mass is 215 g/mol. The summed E-state index contributed by atoms with van der Waals surface area (Å²) in [5.74, 6) is 1.46. The van der Waals surface area contributed by atoms with Gasteiger partial charge in [-0.15, -0.1) is 0 Å². The van der Waals surface area contributed by atoms with E-state index in [0.29, 0.717) is 11.4 Å². The first-order valence-corrected chi connectivity index (χ1v) is 5.08. The number of nitrogens with zero attached hydrogens (tertiary/aromatic N) is 1. The van der Waals surface area contributed by atoms with Crippen LogP contribution in [0.1, 0.15) is 11.3 Å². The number of aliphatic hydroxyl groups is 1. The molecule has 16 heavy (non-hydrogen) atoms. The lowest BCUT2D eigenvalue weighted by Crippen LogP contribution is -1.90. The highest BCUT2D eigenvalue weighted by molar-refractivity contribution is 5.32. The van der Waals surface area contributed by atoms with E-state index in [1.54, 1.807) is 18.3 Å². The van der Waals surface area contributed by atoms with Crippen LogP contribution in [0.5, 0.6) is 11.5 Å². The first-order valence-electron chi connectivity index (χ1n) is 5.08. The second-order valence-electron chi connectivity index (χ2n) is 3.56. The fraction of sp³-hybridized carbons (Fsp3) is 0.154. The number of pyridine rings is 1. The quantitative estimate of drug-likeness (QED) is 0.855. The number of rotatable bonds is 3. The lowest BCUT2D eigenvalue weighted by atomic mass is 10.2. The molecule has 3 heteroatoms. The number of aliphatic hydroxyl groups excluding tert-OH is 1. The van der Waals surface area contributed by atoms with Gasteiger partial charge in [0.15, 0.2) is 0 Å². The van der Waals surface area contributed by atoms with Crippen LogP contribution in [0.2, 0.25) is 0 Å². The van der Waals surface area contributed by atoms with Crippen LogP contribution in [0, 0.1) is 6.92 Å². The van der Waals surface area contributed by atoms with Crippen molar-refractivity contribution in [3.63, 3.8) is 0 Å². The standard InChI is InChI=1S/C13H13NO2/c1-10-2-4-12(5-3-10)16-13-6-7-14-11(8-13)9-15/h2-8,15H,9H2,1H3. The number of benzene rings is 1. The third-order valence-corrected chi connectivity index (χ3v) is 2.21. The predicted molar refractivity (Wildman–Crippen MR) is 61.4 cm³/mol. The van der Waals surface area contributed by atoms with Gasteiger partial charge in [-0.1, -0.05) is 17.7 Å². The highest BCUT2D eigenvalue weighted by atomic mass is 16.5. The Morgan fingerprint density at radius 3 is 2.56 bits per heavy atom. The van der Waals surface area contributed by atoms with Gasteiger partial charge in [-0.05, 0) is 25.1 Å². The summed E-state index contributed by atoms with van der Waals surface area (Å²) in [7, 11) is 0. The zero-order valence-corrected chi connectivity index (χ0v) is 9.05. The van der Waals surface area contributed by atoms with Crippen molar-refractivity contribution in [3.05, 3.63) is 53.9 Å². The molecule has 0 radical (unpaired) electrons. The van der Waals surface area contributed by atoms with Crippen molar-refractivity contribution in [3.8, 4) is 11.5 Å². The SMILES string of the molecule is Cc1ccc(Oc2ccnc(CO)c2)cc1. The minimum atomic E-state index is -0.0783. The van der Waals surface area contributed by atoms with Crippen molar-refractivity contribution in [1.82, 2.24) is 4.98 Å². The summed E-state index contributed by atoms with van der Waals surface area (Å²) >= 11 is 0. The molecule has 0 saturated carbocycles. The zero-order chi connectivity index (χ0) is 11.4. The molecule has 3 nitrogen and oxygen atoms in total. The van der Waals surface area contributed by atoms with Gasteiger partial charge in [0.05, 0.1) is 12.3 Å². The van der Waals surface area contributed by atoms with Crippen molar-refractivity contribution < 1.29 is 9.84 Å². The second kappa shape index (κ2) is 4.77. The smallest absolute Gasteiger partial charge is 0.130 e.